The molecule has 130 valence electrons. The van der Waals surface area contributed by atoms with E-state index < -0.39 is 0 Å². The first-order valence-corrected chi connectivity index (χ1v) is 8.47. The van der Waals surface area contributed by atoms with Crippen LogP contribution in [0.15, 0.2) is 22.8 Å². The number of nitrogens with zero attached hydrogens (tertiary/aromatic N) is 2. The van der Waals surface area contributed by atoms with Gasteiger partial charge in [0.25, 0.3) is 0 Å². The second-order valence-corrected chi connectivity index (χ2v) is 5.96. The molecule has 1 N–H and O–H groups in total. The Morgan fingerprint density at radius 1 is 1.48 bits per heavy atom. The van der Waals surface area contributed by atoms with Crippen molar-refractivity contribution in [3.05, 3.63) is 24.2 Å². The van der Waals surface area contributed by atoms with Gasteiger partial charge in [-0.2, -0.15) is 0 Å². The normalized spacial score (nSPS) is 19.2. The molecule has 1 aromatic heterocycles. The summed E-state index contributed by atoms with van der Waals surface area (Å²) in [6.45, 7) is 5.84. The summed E-state index contributed by atoms with van der Waals surface area (Å²) in [6, 6.07) is 3.98. The third-order valence-electron chi connectivity index (χ3n) is 4.23. The number of amides is 1. The van der Waals surface area contributed by atoms with Gasteiger partial charge in [-0.15, -0.1) is 0 Å². The number of aliphatic hydroxyl groups is 1. The van der Waals surface area contributed by atoms with Crippen LogP contribution in [0.1, 0.15) is 31.9 Å². The van der Waals surface area contributed by atoms with Gasteiger partial charge in [-0.1, -0.05) is 13.3 Å². The number of piperazine rings is 1. The highest BCUT2D eigenvalue weighted by Gasteiger charge is 2.29. The van der Waals surface area contributed by atoms with E-state index in [0.29, 0.717) is 32.7 Å². The lowest BCUT2D eigenvalue weighted by atomic mass is 10.1. The van der Waals surface area contributed by atoms with Crippen molar-refractivity contribution in [2.24, 2.45) is 0 Å². The van der Waals surface area contributed by atoms with E-state index in [-0.39, 0.29) is 25.2 Å². The molecule has 1 unspecified atom stereocenters. The Hall–Kier alpha value is -1.37. The van der Waals surface area contributed by atoms with Crippen LogP contribution in [0.25, 0.3) is 0 Å². The molecule has 1 fully saturated rings. The van der Waals surface area contributed by atoms with E-state index in [1.165, 1.54) is 0 Å². The molecule has 2 heterocycles. The summed E-state index contributed by atoms with van der Waals surface area (Å²) in [5, 5.41) is 9.31. The zero-order valence-electron chi connectivity index (χ0n) is 13.9. The molecular weight excluding hydrogens is 296 g/mol. The summed E-state index contributed by atoms with van der Waals surface area (Å²) in [7, 11) is 0. The molecule has 1 amide bonds. The molecule has 23 heavy (non-hydrogen) atoms. The SMILES string of the molecule is CCCCOCC(=O)N1CCN(Cc2ccco2)C(CCO)C1. The van der Waals surface area contributed by atoms with Gasteiger partial charge in [-0.3, -0.25) is 9.69 Å². The molecule has 0 spiro atoms. The zero-order valence-corrected chi connectivity index (χ0v) is 13.9. The Labute approximate surface area is 138 Å². The summed E-state index contributed by atoms with van der Waals surface area (Å²) in [4.78, 5) is 16.4. The van der Waals surface area contributed by atoms with Crippen LogP contribution in [0.4, 0.5) is 0 Å². The van der Waals surface area contributed by atoms with E-state index in [1.807, 2.05) is 17.0 Å². The molecule has 0 aliphatic carbocycles. The van der Waals surface area contributed by atoms with Crippen LogP contribution in [-0.4, -0.2) is 66.3 Å². The van der Waals surface area contributed by atoms with Gasteiger partial charge in [0.2, 0.25) is 5.91 Å². The number of hydrogen-bond donors (Lipinski definition) is 1. The van der Waals surface area contributed by atoms with Gasteiger partial charge >= 0.3 is 0 Å². The highest BCUT2D eigenvalue weighted by atomic mass is 16.5. The maximum Gasteiger partial charge on any atom is 0.248 e. The van der Waals surface area contributed by atoms with Gasteiger partial charge in [-0.05, 0) is 25.0 Å². The Balaban J connectivity index is 1.83. The van der Waals surface area contributed by atoms with Crippen LogP contribution in [0.5, 0.6) is 0 Å². The Morgan fingerprint density at radius 3 is 3.04 bits per heavy atom. The number of rotatable bonds is 9. The van der Waals surface area contributed by atoms with Crippen molar-refractivity contribution in [3.63, 3.8) is 0 Å². The molecule has 0 radical (unpaired) electrons. The van der Waals surface area contributed by atoms with Crippen LogP contribution in [0, 0.1) is 0 Å². The Morgan fingerprint density at radius 2 is 2.35 bits per heavy atom. The van der Waals surface area contributed by atoms with Crippen molar-refractivity contribution in [1.29, 1.82) is 0 Å². The summed E-state index contributed by atoms with van der Waals surface area (Å²) >= 11 is 0. The van der Waals surface area contributed by atoms with Gasteiger partial charge < -0.3 is 19.2 Å². The molecule has 1 aliphatic rings. The average Bonchev–Trinajstić information content (AvgIpc) is 3.06. The minimum Gasteiger partial charge on any atom is -0.468 e. The van der Waals surface area contributed by atoms with Crippen LogP contribution in [0.3, 0.4) is 0 Å². The van der Waals surface area contributed by atoms with Crippen LogP contribution in [-0.2, 0) is 16.1 Å². The van der Waals surface area contributed by atoms with E-state index in [2.05, 4.69) is 11.8 Å². The first kappa shape index (κ1) is 18.0. The third-order valence-corrected chi connectivity index (χ3v) is 4.23. The highest BCUT2D eigenvalue weighted by molar-refractivity contribution is 5.77. The second-order valence-electron chi connectivity index (χ2n) is 5.96. The molecule has 2 rings (SSSR count). The summed E-state index contributed by atoms with van der Waals surface area (Å²) < 4.78 is 10.8. The Kier molecular flexibility index (Phi) is 7.58. The molecule has 1 atom stereocenters. The van der Waals surface area contributed by atoms with E-state index in [1.54, 1.807) is 6.26 Å². The van der Waals surface area contributed by atoms with E-state index in [9.17, 15) is 9.90 Å². The molecule has 1 saturated heterocycles. The lowest BCUT2D eigenvalue weighted by Gasteiger charge is -2.41. The quantitative estimate of drug-likeness (QED) is 0.697. The summed E-state index contributed by atoms with van der Waals surface area (Å²) in [6.07, 6.45) is 4.38. The topological polar surface area (TPSA) is 66.2 Å². The molecule has 0 bridgehead atoms. The number of unbranched alkanes of at least 4 members (excludes halogenated alkanes) is 1. The number of aliphatic hydroxyl groups excluding tert-OH is 1. The maximum atomic E-state index is 12.2. The standard InChI is InChI=1S/C17H28N2O4/c1-2-3-10-22-14-17(21)19-8-7-18(15(12-19)6-9-20)13-16-5-4-11-23-16/h4-5,11,15,20H,2-3,6-10,12-14H2,1H3. The Bertz CT molecular complexity index is 449. The molecular formula is C17H28N2O4. The predicted molar refractivity (Wildman–Crippen MR) is 86.9 cm³/mol. The summed E-state index contributed by atoms with van der Waals surface area (Å²) in [5.41, 5.74) is 0. The molecule has 6 nitrogen and oxygen atoms in total. The van der Waals surface area contributed by atoms with E-state index in [0.717, 1.165) is 25.1 Å². The minimum absolute atomic E-state index is 0.0432. The molecule has 6 heteroatoms. The van der Waals surface area contributed by atoms with E-state index in [4.69, 9.17) is 9.15 Å². The maximum absolute atomic E-state index is 12.2. The molecule has 0 aromatic carbocycles. The number of carbonyl (C=O) groups excluding carboxylic acids is 1. The van der Waals surface area contributed by atoms with E-state index >= 15 is 0 Å². The number of carbonyl (C=O) groups is 1. The highest BCUT2D eigenvalue weighted by Crippen LogP contribution is 2.17. The second kappa shape index (κ2) is 9.70. The fourth-order valence-electron chi connectivity index (χ4n) is 2.85. The van der Waals surface area contributed by atoms with Gasteiger partial charge in [-0.25, -0.2) is 0 Å². The van der Waals surface area contributed by atoms with Gasteiger partial charge in [0.05, 0.1) is 12.8 Å². The monoisotopic (exact) mass is 324 g/mol. The molecule has 1 aliphatic heterocycles. The number of ether oxygens (including phenoxy) is 1. The number of furan rings is 1. The minimum atomic E-state index is 0.0432. The number of hydrogen-bond acceptors (Lipinski definition) is 5. The average molecular weight is 324 g/mol. The van der Waals surface area contributed by atoms with Gasteiger partial charge in [0.15, 0.2) is 0 Å². The molecule has 0 saturated carbocycles. The zero-order chi connectivity index (χ0) is 16.5. The lowest BCUT2D eigenvalue weighted by Crippen LogP contribution is -2.55. The lowest BCUT2D eigenvalue weighted by molar-refractivity contribution is -0.139. The smallest absolute Gasteiger partial charge is 0.248 e. The van der Waals surface area contributed by atoms with Crippen LogP contribution < -0.4 is 0 Å². The van der Waals surface area contributed by atoms with Crippen molar-refractivity contribution in [2.75, 3.05) is 39.5 Å². The van der Waals surface area contributed by atoms with Gasteiger partial charge in [0, 0.05) is 38.9 Å². The first-order chi connectivity index (χ1) is 11.2. The third kappa shape index (κ3) is 5.64. The van der Waals surface area contributed by atoms with Gasteiger partial charge in [0.1, 0.15) is 12.4 Å². The predicted octanol–water partition coefficient (Wildman–Crippen LogP) is 1.49. The van der Waals surface area contributed by atoms with Crippen molar-refractivity contribution in [3.8, 4) is 0 Å². The van der Waals surface area contributed by atoms with Crippen LogP contribution in [0.2, 0.25) is 0 Å². The van der Waals surface area contributed by atoms with Crippen molar-refractivity contribution >= 4 is 5.91 Å². The van der Waals surface area contributed by atoms with Crippen LogP contribution >= 0.6 is 0 Å². The first-order valence-electron chi connectivity index (χ1n) is 8.47. The van der Waals surface area contributed by atoms with Crippen molar-refractivity contribution in [1.82, 2.24) is 9.80 Å². The fraction of sp³-hybridized carbons (Fsp3) is 0.706. The molecule has 1 aromatic rings. The van der Waals surface area contributed by atoms with Crippen molar-refractivity contribution < 1.29 is 19.1 Å². The fourth-order valence-corrected chi connectivity index (χ4v) is 2.85. The summed E-state index contributed by atoms with van der Waals surface area (Å²) in [5.74, 6) is 0.956. The van der Waals surface area contributed by atoms with Crippen molar-refractivity contribution in [2.45, 2.75) is 38.8 Å². The largest absolute Gasteiger partial charge is 0.468 e.